The Bertz CT molecular complexity index is 383. The summed E-state index contributed by atoms with van der Waals surface area (Å²) in [5.41, 5.74) is -1.26. The average Bonchev–Trinajstić information content (AvgIpc) is 2.22. The molecular formula is C11H16BrN2NaO3. The molecular weight excluding hydrogens is 311 g/mol. The third-order valence-corrected chi connectivity index (χ3v) is 3.47. The fraction of sp³-hybridized carbons (Fsp3) is 0.545. The zero-order valence-corrected chi connectivity index (χ0v) is 14.4. The molecule has 0 aromatic rings. The number of barbiturate groups is 1. The molecule has 1 aliphatic rings. The van der Waals surface area contributed by atoms with Gasteiger partial charge in [-0.05, 0) is 10.4 Å². The molecule has 1 atom stereocenters. The maximum atomic E-state index is 12.0. The van der Waals surface area contributed by atoms with Gasteiger partial charge in [0, 0.05) is 6.42 Å². The van der Waals surface area contributed by atoms with Crippen molar-refractivity contribution in [2.45, 2.75) is 26.7 Å². The fourth-order valence-electron chi connectivity index (χ4n) is 2.00. The Morgan fingerprint density at radius 2 is 1.83 bits per heavy atom. The molecule has 4 amide bonds. The summed E-state index contributed by atoms with van der Waals surface area (Å²) in [7, 11) is 0. The molecule has 0 radical (unpaired) electrons. The van der Waals surface area contributed by atoms with E-state index in [2.05, 4.69) is 33.1 Å². The van der Waals surface area contributed by atoms with E-state index >= 15 is 0 Å². The Hall–Kier alpha value is -0.170. The summed E-state index contributed by atoms with van der Waals surface area (Å²) >= 11 is 3.17. The zero-order valence-electron chi connectivity index (χ0n) is 11.8. The van der Waals surface area contributed by atoms with Crippen LogP contribution in [0.5, 0.6) is 0 Å². The van der Waals surface area contributed by atoms with Gasteiger partial charge >= 0.3 is 35.6 Å². The summed E-state index contributed by atoms with van der Waals surface area (Å²) in [6, 6.07) is -0.765. The van der Waals surface area contributed by atoms with Crippen LogP contribution in [0.25, 0.3) is 0 Å². The minimum Gasteiger partial charge on any atom is -1.00 e. The van der Waals surface area contributed by atoms with Gasteiger partial charge in [-0.15, -0.1) is 0 Å². The molecule has 18 heavy (non-hydrogen) atoms. The summed E-state index contributed by atoms with van der Waals surface area (Å²) in [6.45, 7) is 7.37. The predicted molar refractivity (Wildman–Crippen MR) is 67.4 cm³/mol. The maximum Gasteiger partial charge on any atom is 1.00 e. The Kier molecular flexibility index (Phi) is 6.78. The van der Waals surface area contributed by atoms with E-state index in [4.69, 9.17) is 0 Å². The maximum absolute atomic E-state index is 12.0. The van der Waals surface area contributed by atoms with Crippen LogP contribution in [0.15, 0.2) is 11.1 Å². The number of rotatable bonds is 4. The first-order chi connectivity index (χ1) is 7.84. The average molecular weight is 327 g/mol. The third kappa shape index (κ3) is 3.23. The number of imide groups is 2. The summed E-state index contributed by atoms with van der Waals surface area (Å²) in [5.74, 6) is -1.30. The first kappa shape index (κ1) is 17.8. The topological polar surface area (TPSA) is 75.3 Å². The van der Waals surface area contributed by atoms with Gasteiger partial charge in [0.1, 0.15) is 5.41 Å². The first-order valence-corrected chi connectivity index (χ1v) is 6.14. The molecule has 0 bridgehead atoms. The largest absolute Gasteiger partial charge is 1.00 e. The monoisotopic (exact) mass is 326 g/mol. The van der Waals surface area contributed by atoms with Crippen molar-refractivity contribution >= 4 is 33.8 Å². The summed E-state index contributed by atoms with van der Waals surface area (Å²) < 4.78 is 0.553. The number of allylic oxidation sites excluding steroid dienone is 1. The number of carbonyl (C=O) groups is 3. The van der Waals surface area contributed by atoms with Gasteiger partial charge in [-0.3, -0.25) is 20.2 Å². The van der Waals surface area contributed by atoms with Gasteiger partial charge in [0.2, 0.25) is 11.8 Å². The fourth-order valence-corrected chi connectivity index (χ4v) is 2.44. The standard InChI is InChI=1S/C11H15BrN2O3.Na.H/c1-4-6(2)11(5-7(3)12)8(15)13-10(17)14-9(11)16;;/h6H,3-5H2,1-2H3,(H2,13,14,15,16,17);;/q;+1;-1. The molecule has 5 nitrogen and oxygen atoms in total. The van der Waals surface area contributed by atoms with E-state index in [1.165, 1.54) is 0 Å². The van der Waals surface area contributed by atoms with Crippen LogP contribution < -0.4 is 40.2 Å². The zero-order chi connectivity index (χ0) is 13.2. The van der Waals surface area contributed by atoms with Crippen molar-refractivity contribution in [2.24, 2.45) is 11.3 Å². The molecule has 96 valence electrons. The van der Waals surface area contributed by atoms with Crippen molar-refractivity contribution in [1.82, 2.24) is 10.6 Å². The van der Waals surface area contributed by atoms with Crippen molar-refractivity contribution in [3.05, 3.63) is 11.1 Å². The van der Waals surface area contributed by atoms with E-state index in [-0.39, 0.29) is 43.3 Å². The molecule has 1 saturated heterocycles. The molecule has 0 saturated carbocycles. The van der Waals surface area contributed by atoms with Crippen LogP contribution in [-0.2, 0) is 9.59 Å². The molecule has 2 N–H and O–H groups in total. The van der Waals surface area contributed by atoms with Crippen molar-refractivity contribution in [1.29, 1.82) is 0 Å². The minimum atomic E-state index is -1.26. The number of hydrogen-bond acceptors (Lipinski definition) is 3. The first-order valence-electron chi connectivity index (χ1n) is 5.34. The second-order valence-corrected chi connectivity index (χ2v) is 5.33. The summed E-state index contributed by atoms with van der Waals surface area (Å²) in [4.78, 5) is 35.1. The predicted octanol–water partition coefficient (Wildman–Crippen LogP) is -1.20. The van der Waals surface area contributed by atoms with Crippen molar-refractivity contribution in [3.8, 4) is 0 Å². The molecule has 7 heteroatoms. The Labute approximate surface area is 138 Å². The smallest absolute Gasteiger partial charge is 1.00 e. The van der Waals surface area contributed by atoms with E-state index in [1.54, 1.807) is 0 Å². The Balaban J connectivity index is 0. The molecule has 0 aromatic carbocycles. The van der Waals surface area contributed by atoms with E-state index in [0.29, 0.717) is 10.9 Å². The van der Waals surface area contributed by atoms with Gasteiger partial charge in [-0.1, -0.05) is 42.8 Å². The molecule has 1 unspecified atom stereocenters. The molecule has 0 aliphatic carbocycles. The number of nitrogens with one attached hydrogen (secondary N) is 2. The van der Waals surface area contributed by atoms with E-state index in [9.17, 15) is 14.4 Å². The van der Waals surface area contributed by atoms with E-state index < -0.39 is 23.3 Å². The van der Waals surface area contributed by atoms with Crippen LogP contribution in [0.2, 0.25) is 0 Å². The number of halogens is 1. The summed E-state index contributed by atoms with van der Waals surface area (Å²) in [5, 5.41) is 4.30. The third-order valence-electron chi connectivity index (χ3n) is 3.19. The van der Waals surface area contributed by atoms with Gasteiger partial charge in [-0.25, -0.2) is 4.79 Å². The quantitative estimate of drug-likeness (QED) is 0.503. The van der Waals surface area contributed by atoms with Gasteiger partial charge in [0.25, 0.3) is 0 Å². The van der Waals surface area contributed by atoms with Crippen molar-refractivity contribution in [2.75, 3.05) is 0 Å². The van der Waals surface area contributed by atoms with Crippen LogP contribution in [0.4, 0.5) is 4.79 Å². The molecule has 1 fully saturated rings. The van der Waals surface area contributed by atoms with Crippen LogP contribution in [0, 0.1) is 11.3 Å². The summed E-state index contributed by atoms with van der Waals surface area (Å²) in [6.07, 6.45) is 0.822. The molecule has 1 heterocycles. The van der Waals surface area contributed by atoms with Gasteiger partial charge < -0.3 is 1.43 Å². The van der Waals surface area contributed by atoms with Crippen molar-refractivity contribution in [3.63, 3.8) is 0 Å². The SMILES string of the molecule is C=C(Br)CC1(C(C)CC)C(=O)NC(=O)NC1=O.[H-].[Na+]. The van der Waals surface area contributed by atoms with Crippen LogP contribution >= 0.6 is 15.9 Å². The van der Waals surface area contributed by atoms with Gasteiger partial charge in [0.15, 0.2) is 0 Å². The van der Waals surface area contributed by atoms with Crippen molar-refractivity contribution < 1.29 is 45.4 Å². The second kappa shape index (κ2) is 6.84. The molecule has 1 aliphatic heterocycles. The Morgan fingerprint density at radius 1 is 1.39 bits per heavy atom. The van der Waals surface area contributed by atoms with Gasteiger partial charge in [-0.2, -0.15) is 0 Å². The molecule has 1 rings (SSSR count). The van der Waals surface area contributed by atoms with Gasteiger partial charge in [0.05, 0.1) is 0 Å². The molecule has 0 spiro atoms. The van der Waals surface area contributed by atoms with E-state index in [0.717, 1.165) is 0 Å². The van der Waals surface area contributed by atoms with Crippen LogP contribution in [-0.4, -0.2) is 17.8 Å². The second-order valence-electron chi connectivity index (χ2n) is 4.21. The number of hydrogen-bond donors (Lipinski definition) is 2. The Morgan fingerprint density at radius 3 is 2.17 bits per heavy atom. The number of amides is 4. The molecule has 0 aromatic heterocycles. The normalized spacial score (nSPS) is 19.4. The van der Waals surface area contributed by atoms with Crippen LogP contribution in [0.3, 0.4) is 0 Å². The number of urea groups is 1. The van der Waals surface area contributed by atoms with E-state index in [1.807, 2.05) is 13.8 Å². The van der Waals surface area contributed by atoms with Crippen LogP contribution in [0.1, 0.15) is 28.1 Å². The minimum absolute atomic E-state index is 0. The number of carbonyl (C=O) groups excluding carboxylic acids is 3.